The lowest BCUT2D eigenvalue weighted by molar-refractivity contribution is 0.0601. The number of carbonyl (C=O) groups is 1. The van der Waals surface area contributed by atoms with Gasteiger partial charge in [0.15, 0.2) is 0 Å². The minimum absolute atomic E-state index is 0.0664. The van der Waals surface area contributed by atoms with E-state index in [4.69, 9.17) is 0 Å². The molecule has 0 aliphatic heterocycles. The monoisotopic (exact) mass is 243 g/mol. The molecule has 92 valence electrons. The number of methoxy groups -OCH3 is 1. The van der Waals surface area contributed by atoms with E-state index in [1.807, 2.05) is 6.07 Å². The molecule has 0 bridgehead atoms. The summed E-state index contributed by atoms with van der Waals surface area (Å²) in [5.41, 5.74) is 1.79. The van der Waals surface area contributed by atoms with Gasteiger partial charge in [0.1, 0.15) is 0 Å². The number of aromatic nitrogens is 1. The Kier molecular flexibility index (Phi) is 3.28. The molecule has 1 aromatic carbocycles. The van der Waals surface area contributed by atoms with Crippen LogP contribution in [0.4, 0.5) is 0 Å². The van der Waals surface area contributed by atoms with Crippen LogP contribution in [0, 0.1) is 0 Å². The Hall–Kier alpha value is -2.36. The zero-order chi connectivity index (χ0) is 13.1. The van der Waals surface area contributed by atoms with E-state index >= 15 is 0 Å². The Morgan fingerprint density at radius 2 is 1.83 bits per heavy atom. The zero-order valence-electron chi connectivity index (χ0n) is 10.2. The maximum absolute atomic E-state index is 11.9. The number of rotatable bonds is 2. The Balaban J connectivity index is 2.44. The second-order valence-electron chi connectivity index (χ2n) is 3.91. The minimum Gasteiger partial charge on any atom is -0.465 e. The van der Waals surface area contributed by atoms with Crippen molar-refractivity contribution in [3.63, 3.8) is 0 Å². The third-order valence-corrected chi connectivity index (χ3v) is 2.74. The minimum atomic E-state index is -0.387. The van der Waals surface area contributed by atoms with Gasteiger partial charge in [-0.25, -0.2) is 4.79 Å². The van der Waals surface area contributed by atoms with Crippen LogP contribution < -0.4 is 5.56 Å². The van der Waals surface area contributed by atoms with E-state index in [-0.39, 0.29) is 11.5 Å². The fraction of sp³-hybridized carbons (Fsp3) is 0.143. The van der Waals surface area contributed by atoms with Crippen LogP contribution in [-0.4, -0.2) is 17.6 Å². The average Bonchev–Trinajstić information content (AvgIpc) is 2.41. The summed E-state index contributed by atoms with van der Waals surface area (Å²) in [5.74, 6) is -0.387. The number of carbonyl (C=O) groups excluding carboxylic acids is 1. The lowest BCUT2D eigenvalue weighted by atomic mass is 10.1. The van der Waals surface area contributed by atoms with Gasteiger partial charge < -0.3 is 9.30 Å². The molecule has 0 fully saturated rings. The normalized spacial score (nSPS) is 10.1. The Bertz CT molecular complexity index is 626. The number of nitrogens with zero attached hydrogens (tertiary/aromatic N) is 1. The number of ether oxygens (including phenoxy) is 1. The molecule has 0 aliphatic rings. The molecule has 0 aliphatic carbocycles. The summed E-state index contributed by atoms with van der Waals surface area (Å²) < 4.78 is 6.14. The van der Waals surface area contributed by atoms with E-state index in [0.29, 0.717) is 11.1 Å². The van der Waals surface area contributed by atoms with Gasteiger partial charge in [0.2, 0.25) is 0 Å². The predicted octanol–water partition coefficient (Wildman–Crippen LogP) is 1.84. The van der Waals surface area contributed by atoms with Crippen molar-refractivity contribution in [2.24, 2.45) is 7.05 Å². The maximum Gasteiger partial charge on any atom is 0.337 e. The van der Waals surface area contributed by atoms with Crippen LogP contribution in [0.3, 0.4) is 0 Å². The van der Waals surface area contributed by atoms with Gasteiger partial charge >= 0.3 is 5.97 Å². The molecule has 18 heavy (non-hydrogen) atoms. The van der Waals surface area contributed by atoms with Crippen molar-refractivity contribution in [3.05, 3.63) is 58.5 Å². The molecule has 0 N–H and O–H groups in total. The molecule has 0 spiro atoms. The lowest BCUT2D eigenvalue weighted by Crippen LogP contribution is -2.17. The first kappa shape index (κ1) is 12.1. The SMILES string of the molecule is COC(=O)c1ccc(-c2cccn(C)c2=O)cc1. The predicted molar refractivity (Wildman–Crippen MR) is 68.5 cm³/mol. The van der Waals surface area contributed by atoms with Gasteiger partial charge in [0.05, 0.1) is 12.7 Å². The smallest absolute Gasteiger partial charge is 0.337 e. The summed E-state index contributed by atoms with van der Waals surface area (Å²) in [5, 5.41) is 0. The van der Waals surface area contributed by atoms with Crippen LogP contribution in [0.25, 0.3) is 11.1 Å². The maximum atomic E-state index is 11.9. The Morgan fingerprint density at radius 3 is 2.44 bits per heavy atom. The van der Waals surface area contributed by atoms with Crippen LogP contribution in [0.2, 0.25) is 0 Å². The molecule has 0 saturated carbocycles. The Morgan fingerprint density at radius 1 is 1.17 bits per heavy atom. The first-order chi connectivity index (χ1) is 8.63. The average molecular weight is 243 g/mol. The Labute approximate surface area is 104 Å². The summed E-state index contributed by atoms with van der Waals surface area (Å²) in [6, 6.07) is 10.3. The first-order valence-corrected chi connectivity index (χ1v) is 5.48. The quantitative estimate of drug-likeness (QED) is 0.756. The van der Waals surface area contributed by atoms with E-state index in [1.54, 1.807) is 43.6 Å². The summed E-state index contributed by atoms with van der Waals surface area (Å²) in [4.78, 5) is 23.2. The van der Waals surface area contributed by atoms with Gasteiger partial charge in [-0.15, -0.1) is 0 Å². The zero-order valence-corrected chi connectivity index (χ0v) is 10.2. The van der Waals surface area contributed by atoms with Gasteiger partial charge in [0.25, 0.3) is 5.56 Å². The number of hydrogen-bond donors (Lipinski definition) is 0. The van der Waals surface area contributed by atoms with Crippen molar-refractivity contribution in [1.29, 1.82) is 0 Å². The van der Waals surface area contributed by atoms with Gasteiger partial charge in [0, 0.05) is 18.8 Å². The number of hydrogen-bond acceptors (Lipinski definition) is 3. The van der Waals surface area contributed by atoms with Crippen molar-refractivity contribution in [2.45, 2.75) is 0 Å². The molecule has 0 unspecified atom stereocenters. The van der Waals surface area contributed by atoms with Gasteiger partial charge in [-0.3, -0.25) is 4.79 Å². The first-order valence-electron chi connectivity index (χ1n) is 5.48. The highest BCUT2D eigenvalue weighted by molar-refractivity contribution is 5.89. The van der Waals surface area contributed by atoms with Crippen molar-refractivity contribution < 1.29 is 9.53 Å². The van der Waals surface area contributed by atoms with Crippen LogP contribution >= 0.6 is 0 Å². The molecule has 2 aromatic rings. The van der Waals surface area contributed by atoms with Crippen molar-refractivity contribution in [1.82, 2.24) is 4.57 Å². The number of esters is 1. The molecule has 0 saturated heterocycles. The van der Waals surface area contributed by atoms with E-state index < -0.39 is 0 Å². The highest BCUT2D eigenvalue weighted by Crippen LogP contribution is 2.16. The highest BCUT2D eigenvalue weighted by atomic mass is 16.5. The largest absolute Gasteiger partial charge is 0.465 e. The molecule has 0 atom stereocenters. The summed E-state index contributed by atoms with van der Waals surface area (Å²) >= 11 is 0. The van der Waals surface area contributed by atoms with Crippen molar-refractivity contribution in [2.75, 3.05) is 7.11 Å². The summed E-state index contributed by atoms with van der Waals surface area (Å²) in [6.45, 7) is 0. The van der Waals surface area contributed by atoms with E-state index in [2.05, 4.69) is 4.74 Å². The van der Waals surface area contributed by atoms with Gasteiger partial charge in [-0.2, -0.15) is 0 Å². The fourth-order valence-electron chi connectivity index (χ4n) is 1.72. The molecule has 0 amide bonds. The van der Waals surface area contributed by atoms with Crippen LogP contribution in [0.5, 0.6) is 0 Å². The summed E-state index contributed by atoms with van der Waals surface area (Å²) in [6.07, 6.45) is 1.70. The number of benzene rings is 1. The second-order valence-corrected chi connectivity index (χ2v) is 3.91. The van der Waals surface area contributed by atoms with Crippen LogP contribution in [0.15, 0.2) is 47.4 Å². The topological polar surface area (TPSA) is 48.3 Å². The van der Waals surface area contributed by atoms with Crippen LogP contribution in [-0.2, 0) is 11.8 Å². The highest BCUT2D eigenvalue weighted by Gasteiger charge is 2.07. The summed E-state index contributed by atoms with van der Waals surface area (Å²) in [7, 11) is 3.04. The fourth-order valence-corrected chi connectivity index (χ4v) is 1.72. The molecule has 0 radical (unpaired) electrons. The molecule has 2 rings (SSSR count). The number of pyridine rings is 1. The third-order valence-electron chi connectivity index (χ3n) is 2.74. The van der Waals surface area contributed by atoms with Crippen LogP contribution in [0.1, 0.15) is 10.4 Å². The van der Waals surface area contributed by atoms with Gasteiger partial charge in [-0.05, 0) is 29.8 Å². The number of aryl methyl sites for hydroxylation is 1. The van der Waals surface area contributed by atoms with Gasteiger partial charge in [-0.1, -0.05) is 12.1 Å². The molecular formula is C14H13NO3. The van der Waals surface area contributed by atoms with E-state index in [1.165, 1.54) is 11.7 Å². The lowest BCUT2D eigenvalue weighted by Gasteiger charge is -2.04. The second kappa shape index (κ2) is 4.87. The van der Waals surface area contributed by atoms with E-state index in [9.17, 15) is 9.59 Å². The standard InChI is InChI=1S/C14H13NO3/c1-15-9-3-4-12(13(15)16)10-5-7-11(8-6-10)14(17)18-2/h3-9H,1-2H3. The molecular weight excluding hydrogens is 230 g/mol. The third kappa shape index (κ3) is 2.18. The van der Waals surface area contributed by atoms with Crippen molar-refractivity contribution >= 4 is 5.97 Å². The molecule has 1 heterocycles. The molecule has 4 heteroatoms. The van der Waals surface area contributed by atoms with Crippen molar-refractivity contribution in [3.8, 4) is 11.1 Å². The molecule has 1 aromatic heterocycles. The molecule has 4 nitrogen and oxygen atoms in total. The van der Waals surface area contributed by atoms with E-state index in [0.717, 1.165) is 5.56 Å².